The van der Waals surface area contributed by atoms with Crippen molar-refractivity contribution in [2.75, 3.05) is 18.8 Å². The van der Waals surface area contributed by atoms with Crippen LogP contribution in [0.3, 0.4) is 0 Å². The Morgan fingerprint density at radius 2 is 1.50 bits per heavy atom. The van der Waals surface area contributed by atoms with Crippen molar-refractivity contribution < 1.29 is 0 Å². The van der Waals surface area contributed by atoms with Crippen molar-refractivity contribution in [3.05, 3.63) is 0 Å². The second kappa shape index (κ2) is 11.8. The first-order chi connectivity index (χ1) is 6.85. The van der Waals surface area contributed by atoms with Crippen LogP contribution in [0, 0.1) is 0 Å². The van der Waals surface area contributed by atoms with Gasteiger partial charge in [0.05, 0.1) is 0 Å². The molecule has 0 aliphatic heterocycles. The highest BCUT2D eigenvalue weighted by Gasteiger charge is 2.02. The molecule has 0 aromatic carbocycles. The summed E-state index contributed by atoms with van der Waals surface area (Å²) in [7, 11) is 1.000. The first-order valence-corrected chi connectivity index (χ1v) is 8.63. The highest BCUT2D eigenvalue weighted by Crippen LogP contribution is 2.34. The van der Waals surface area contributed by atoms with Crippen LogP contribution in [0.2, 0.25) is 0 Å². The van der Waals surface area contributed by atoms with Gasteiger partial charge in [0.2, 0.25) is 0 Å². The Kier molecular flexibility index (Phi) is 12.4. The fourth-order valence-corrected chi connectivity index (χ4v) is 4.10. The van der Waals surface area contributed by atoms with E-state index in [0.29, 0.717) is 0 Å². The summed E-state index contributed by atoms with van der Waals surface area (Å²) in [5.74, 6) is 1.33. The third-order valence-corrected chi connectivity index (χ3v) is 5.28. The van der Waals surface area contributed by atoms with Crippen LogP contribution in [0.25, 0.3) is 0 Å². The summed E-state index contributed by atoms with van der Waals surface area (Å²) in [5.41, 5.74) is 0. The zero-order valence-corrected chi connectivity index (χ0v) is 11.8. The monoisotopic (exact) mass is 235 g/mol. The van der Waals surface area contributed by atoms with Crippen molar-refractivity contribution in [1.29, 1.82) is 0 Å². The van der Waals surface area contributed by atoms with Gasteiger partial charge in [0.1, 0.15) is 0 Å². The van der Waals surface area contributed by atoms with E-state index in [0.717, 1.165) is 7.93 Å². The molecule has 0 N–H and O–H groups in total. The van der Waals surface area contributed by atoms with Crippen LogP contribution in [0.15, 0.2) is 0 Å². The van der Waals surface area contributed by atoms with Crippen LogP contribution in [0.4, 0.5) is 0 Å². The third-order valence-electron chi connectivity index (χ3n) is 2.06. The predicted octanol–water partition coefficient (Wildman–Crippen LogP) is 4.54. The lowest BCUT2D eigenvalue weighted by molar-refractivity contribution is 0.441. The predicted molar refractivity (Wildman–Crippen MR) is 72.5 cm³/mol. The summed E-state index contributed by atoms with van der Waals surface area (Å²) in [6.07, 6.45) is 6.69. The third kappa shape index (κ3) is 9.30. The quantitative estimate of drug-likeness (QED) is 0.404. The molecule has 0 heterocycles. The summed E-state index contributed by atoms with van der Waals surface area (Å²) in [6.45, 7) is 9.44. The number of hydrogen-bond acceptors (Lipinski definition) is 2. The molecule has 14 heavy (non-hydrogen) atoms. The van der Waals surface area contributed by atoms with Crippen molar-refractivity contribution in [3.63, 3.8) is 0 Å². The van der Waals surface area contributed by atoms with Crippen LogP contribution in [0.1, 0.15) is 52.9 Å². The average molecular weight is 235 g/mol. The van der Waals surface area contributed by atoms with Gasteiger partial charge in [-0.3, -0.25) is 4.67 Å². The minimum Gasteiger partial charge on any atom is -0.276 e. The van der Waals surface area contributed by atoms with Gasteiger partial charge in [0, 0.05) is 21.0 Å². The minimum atomic E-state index is 1.000. The molecule has 0 spiro atoms. The normalized spacial score (nSPS) is 12.0. The average Bonchev–Trinajstić information content (AvgIpc) is 2.21. The van der Waals surface area contributed by atoms with Crippen LogP contribution >= 0.6 is 19.3 Å². The Bertz CT molecular complexity index is 103. The zero-order valence-electron chi connectivity index (χ0n) is 10.0. The topological polar surface area (TPSA) is 3.24 Å². The summed E-state index contributed by atoms with van der Waals surface area (Å²) < 4.78 is 2.65. The van der Waals surface area contributed by atoms with E-state index < -0.39 is 0 Å². The van der Waals surface area contributed by atoms with Crippen molar-refractivity contribution in [2.45, 2.75) is 52.9 Å². The lowest BCUT2D eigenvalue weighted by atomic mass is 10.3. The molecule has 3 heteroatoms. The molecule has 1 nitrogen and oxygen atoms in total. The molecule has 0 bridgehead atoms. The van der Waals surface area contributed by atoms with Crippen LogP contribution in [0.5, 0.6) is 0 Å². The highest BCUT2D eigenvalue weighted by molar-refractivity contribution is 8.48. The highest BCUT2D eigenvalue weighted by atomic mass is 32.7. The standard InChI is InChI=1S/C11H26NPS/c1-4-7-9-12(10-8-5-2)13-14-11-6-3/h13H,4-11H2,1-3H3. The Hall–Kier alpha value is 0.740. The Morgan fingerprint density at radius 3 is 1.93 bits per heavy atom. The van der Waals surface area contributed by atoms with Gasteiger partial charge >= 0.3 is 0 Å². The number of hydrogen-bond donors (Lipinski definition) is 0. The number of unbranched alkanes of at least 4 members (excludes halogenated alkanes) is 2. The van der Waals surface area contributed by atoms with E-state index >= 15 is 0 Å². The molecular formula is C11H26NPS. The maximum atomic E-state index is 2.65. The smallest absolute Gasteiger partial charge is 0.0100 e. The van der Waals surface area contributed by atoms with E-state index in [9.17, 15) is 0 Å². The van der Waals surface area contributed by atoms with E-state index in [1.165, 1.54) is 50.9 Å². The number of nitrogens with zero attached hydrogens (tertiary/aromatic N) is 1. The molecule has 0 fully saturated rings. The molecule has 0 aromatic heterocycles. The molecule has 0 rings (SSSR count). The van der Waals surface area contributed by atoms with E-state index in [2.05, 4.69) is 36.8 Å². The molecule has 0 aliphatic carbocycles. The molecule has 1 atom stereocenters. The fraction of sp³-hybridized carbons (Fsp3) is 1.00. The Morgan fingerprint density at radius 1 is 0.929 bits per heavy atom. The Balaban J connectivity index is 3.49. The molecule has 0 aliphatic rings. The summed E-state index contributed by atoms with van der Waals surface area (Å²) in [5, 5.41) is 0. The van der Waals surface area contributed by atoms with Gasteiger partial charge in [-0.05, 0) is 25.0 Å². The summed E-state index contributed by atoms with van der Waals surface area (Å²) in [6, 6.07) is 0. The second-order valence-electron chi connectivity index (χ2n) is 3.63. The van der Waals surface area contributed by atoms with E-state index in [4.69, 9.17) is 0 Å². The summed E-state index contributed by atoms with van der Waals surface area (Å²) >= 11 is 2.12. The van der Waals surface area contributed by atoms with E-state index in [-0.39, 0.29) is 0 Å². The molecular weight excluding hydrogens is 209 g/mol. The maximum absolute atomic E-state index is 2.65. The lowest BCUT2D eigenvalue weighted by Gasteiger charge is -2.20. The molecule has 0 aromatic rings. The Labute approximate surface area is 96.0 Å². The van der Waals surface area contributed by atoms with Gasteiger partial charge in [-0.25, -0.2) is 0 Å². The van der Waals surface area contributed by atoms with Crippen LogP contribution in [-0.4, -0.2) is 23.5 Å². The second-order valence-corrected chi connectivity index (χ2v) is 6.56. The van der Waals surface area contributed by atoms with Crippen molar-refractivity contribution in [1.82, 2.24) is 4.67 Å². The largest absolute Gasteiger partial charge is 0.276 e. The molecule has 0 saturated carbocycles. The molecule has 86 valence electrons. The van der Waals surface area contributed by atoms with Gasteiger partial charge < -0.3 is 0 Å². The van der Waals surface area contributed by atoms with Crippen LogP contribution < -0.4 is 0 Å². The van der Waals surface area contributed by atoms with Crippen molar-refractivity contribution >= 4 is 19.3 Å². The SMILES string of the molecule is CCCCN(CCCC)PSCCC. The molecule has 0 saturated heterocycles. The lowest BCUT2D eigenvalue weighted by Crippen LogP contribution is -2.15. The van der Waals surface area contributed by atoms with Gasteiger partial charge in [-0.2, -0.15) is 0 Å². The first kappa shape index (κ1) is 14.7. The van der Waals surface area contributed by atoms with Crippen molar-refractivity contribution in [3.8, 4) is 0 Å². The molecule has 1 unspecified atom stereocenters. The number of rotatable bonds is 10. The van der Waals surface area contributed by atoms with Crippen LogP contribution in [-0.2, 0) is 0 Å². The molecule has 0 amide bonds. The zero-order chi connectivity index (χ0) is 10.6. The van der Waals surface area contributed by atoms with Gasteiger partial charge in [0.15, 0.2) is 0 Å². The van der Waals surface area contributed by atoms with Gasteiger partial charge in [-0.1, -0.05) is 33.6 Å². The van der Waals surface area contributed by atoms with Gasteiger partial charge in [0.25, 0.3) is 0 Å². The summed E-state index contributed by atoms with van der Waals surface area (Å²) in [4.78, 5) is 0. The van der Waals surface area contributed by atoms with Crippen molar-refractivity contribution in [2.24, 2.45) is 0 Å². The van der Waals surface area contributed by atoms with E-state index in [1.807, 2.05) is 0 Å². The minimum absolute atomic E-state index is 1.000. The van der Waals surface area contributed by atoms with Gasteiger partial charge in [-0.15, -0.1) is 11.4 Å². The molecule has 0 radical (unpaired) electrons. The first-order valence-electron chi connectivity index (χ1n) is 5.97. The fourth-order valence-electron chi connectivity index (χ4n) is 1.14. The maximum Gasteiger partial charge on any atom is 0.0100 e. The van der Waals surface area contributed by atoms with E-state index in [1.54, 1.807) is 0 Å².